The number of piperidine rings is 1. The molecule has 3 heteroatoms. The molecular formula is C12H24N2O. The lowest BCUT2D eigenvalue weighted by Gasteiger charge is -2.26. The molecule has 1 heterocycles. The Morgan fingerprint density at radius 2 is 2.27 bits per heavy atom. The average molecular weight is 212 g/mol. The molecule has 0 radical (unpaired) electrons. The Balaban J connectivity index is 1.48. The van der Waals surface area contributed by atoms with Crippen molar-refractivity contribution >= 4 is 0 Å². The van der Waals surface area contributed by atoms with Crippen LogP contribution in [0.15, 0.2) is 0 Å². The van der Waals surface area contributed by atoms with E-state index in [1.165, 1.54) is 32.4 Å². The molecule has 0 aromatic carbocycles. The Bertz CT molecular complexity index is 186. The summed E-state index contributed by atoms with van der Waals surface area (Å²) >= 11 is 0. The number of rotatable bonds is 7. The molecule has 2 aliphatic rings. The molecule has 0 amide bonds. The Labute approximate surface area is 93.2 Å². The number of nitrogens with zero attached hydrogens (tertiary/aromatic N) is 1. The van der Waals surface area contributed by atoms with Crippen LogP contribution in [0.3, 0.4) is 0 Å². The lowest BCUT2D eigenvalue weighted by Crippen LogP contribution is -2.37. The number of methoxy groups -OCH3 is 1. The molecular weight excluding hydrogens is 188 g/mol. The summed E-state index contributed by atoms with van der Waals surface area (Å²) in [5.74, 6) is 1.03. The number of hydrogen-bond acceptors (Lipinski definition) is 3. The maximum atomic E-state index is 5.01. The summed E-state index contributed by atoms with van der Waals surface area (Å²) in [5, 5.41) is 3.48. The highest BCUT2D eigenvalue weighted by Gasteiger charge is 2.36. The zero-order valence-electron chi connectivity index (χ0n) is 9.87. The normalized spacial score (nSPS) is 30.2. The summed E-state index contributed by atoms with van der Waals surface area (Å²) in [4.78, 5) is 2.68. The number of likely N-dealkylation sites (tertiary alicyclic amines) is 1. The van der Waals surface area contributed by atoms with E-state index in [-0.39, 0.29) is 0 Å². The van der Waals surface area contributed by atoms with Crippen LogP contribution in [0.5, 0.6) is 0 Å². The molecule has 2 rings (SSSR count). The van der Waals surface area contributed by atoms with Crippen LogP contribution in [-0.2, 0) is 4.74 Å². The van der Waals surface area contributed by atoms with Gasteiger partial charge in [-0.3, -0.25) is 4.90 Å². The van der Waals surface area contributed by atoms with Crippen molar-refractivity contribution in [3.8, 4) is 0 Å². The fourth-order valence-electron chi connectivity index (χ4n) is 2.99. The van der Waals surface area contributed by atoms with Crippen LogP contribution in [0.1, 0.15) is 25.7 Å². The molecule has 0 aromatic rings. The molecule has 1 N–H and O–H groups in total. The van der Waals surface area contributed by atoms with E-state index in [1.807, 2.05) is 0 Å². The van der Waals surface area contributed by atoms with Crippen LogP contribution >= 0.6 is 0 Å². The Morgan fingerprint density at radius 3 is 2.93 bits per heavy atom. The van der Waals surface area contributed by atoms with Gasteiger partial charge in [0.25, 0.3) is 0 Å². The van der Waals surface area contributed by atoms with Gasteiger partial charge >= 0.3 is 0 Å². The molecule has 1 aliphatic heterocycles. The predicted molar refractivity (Wildman–Crippen MR) is 62.1 cm³/mol. The van der Waals surface area contributed by atoms with E-state index in [1.54, 1.807) is 7.11 Å². The predicted octanol–water partition coefficient (Wildman–Crippen LogP) is 1.10. The summed E-state index contributed by atoms with van der Waals surface area (Å²) in [7, 11) is 1.76. The smallest absolute Gasteiger partial charge is 0.0474 e. The first-order chi connectivity index (χ1) is 7.40. The lowest BCUT2D eigenvalue weighted by atomic mass is 10.1. The van der Waals surface area contributed by atoms with Gasteiger partial charge < -0.3 is 10.1 Å². The topological polar surface area (TPSA) is 24.5 Å². The second-order valence-electron chi connectivity index (χ2n) is 4.92. The summed E-state index contributed by atoms with van der Waals surface area (Å²) in [6.07, 6.45) is 5.54. The second kappa shape index (κ2) is 5.83. The maximum absolute atomic E-state index is 5.01. The molecule has 1 aliphatic carbocycles. The van der Waals surface area contributed by atoms with Gasteiger partial charge in [-0.05, 0) is 38.1 Å². The van der Waals surface area contributed by atoms with Crippen molar-refractivity contribution < 1.29 is 4.74 Å². The maximum Gasteiger partial charge on any atom is 0.0474 e. The second-order valence-corrected chi connectivity index (χ2v) is 4.92. The van der Waals surface area contributed by atoms with Crippen LogP contribution in [-0.4, -0.2) is 50.8 Å². The minimum Gasteiger partial charge on any atom is -0.385 e. The van der Waals surface area contributed by atoms with E-state index >= 15 is 0 Å². The first-order valence-electron chi connectivity index (χ1n) is 6.34. The highest BCUT2D eigenvalue weighted by atomic mass is 16.5. The zero-order valence-corrected chi connectivity index (χ0v) is 9.87. The van der Waals surface area contributed by atoms with Gasteiger partial charge in [-0.2, -0.15) is 0 Å². The fraction of sp³-hybridized carbons (Fsp3) is 1.00. The van der Waals surface area contributed by atoms with Gasteiger partial charge in [0, 0.05) is 39.4 Å². The van der Waals surface area contributed by atoms with Gasteiger partial charge in [-0.15, -0.1) is 0 Å². The highest BCUT2D eigenvalue weighted by Crippen LogP contribution is 2.36. The van der Waals surface area contributed by atoms with Gasteiger partial charge in [0.1, 0.15) is 0 Å². The molecule has 0 spiro atoms. The quantitative estimate of drug-likeness (QED) is 0.640. The molecule has 2 unspecified atom stereocenters. The van der Waals surface area contributed by atoms with E-state index in [4.69, 9.17) is 4.74 Å². The number of ether oxygens (including phenoxy) is 1. The van der Waals surface area contributed by atoms with Gasteiger partial charge in [-0.25, -0.2) is 0 Å². The molecule has 2 fully saturated rings. The summed E-state index contributed by atoms with van der Waals surface area (Å²) in [6, 6.07) is 0.927. The number of nitrogens with one attached hydrogen (secondary N) is 1. The van der Waals surface area contributed by atoms with Gasteiger partial charge in [0.2, 0.25) is 0 Å². The third-order valence-electron chi connectivity index (χ3n) is 3.80. The van der Waals surface area contributed by atoms with Crippen molar-refractivity contribution in [1.82, 2.24) is 10.2 Å². The SMILES string of the molecule is COCCCNCCN1CC2CCC1C2. The lowest BCUT2D eigenvalue weighted by molar-refractivity contribution is 0.191. The minimum atomic E-state index is 0.876. The van der Waals surface area contributed by atoms with E-state index in [0.717, 1.165) is 38.1 Å². The molecule has 0 aromatic heterocycles. The van der Waals surface area contributed by atoms with Gasteiger partial charge in [0.15, 0.2) is 0 Å². The van der Waals surface area contributed by atoms with Gasteiger partial charge in [0.05, 0.1) is 0 Å². The molecule has 15 heavy (non-hydrogen) atoms. The Kier molecular flexibility index (Phi) is 4.42. The van der Waals surface area contributed by atoms with Crippen molar-refractivity contribution in [3.63, 3.8) is 0 Å². The minimum absolute atomic E-state index is 0.876. The Morgan fingerprint density at radius 1 is 1.33 bits per heavy atom. The number of hydrogen-bond donors (Lipinski definition) is 1. The first kappa shape index (κ1) is 11.4. The van der Waals surface area contributed by atoms with E-state index in [2.05, 4.69) is 10.2 Å². The molecule has 1 saturated carbocycles. The average Bonchev–Trinajstić information content (AvgIpc) is 2.85. The first-order valence-corrected chi connectivity index (χ1v) is 6.34. The zero-order chi connectivity index (χ0) is 10.5. The summed E-state index contributed by atoms with van der Waals surface area (Å²) in [6.45, 7) is 5.72. The fourth-order valence-corrected chi connectivity index (χ4v) is 2.99. The standard InChI is InChI=1S/C12H24N2O/c1-15-8-2-5-13-6-7-14-10-11-3-4-12(14)9-11/h11-13H,2-10H2,1H3. The van der Waals surface area contributed by atoms with Crippen molar-refractivity contribution in [2.24, 2.45) is 5.92 Å². The van der Waals surface area contributed by atoms with Crippen molar-refractivity contribution in [1.29, 1.82) is 0 Å². The number of fused-ring (bicyclic) bond motifs is 2. The van der Waals surface area contributed by atoms with E-state index < -0.39 is 0 Å². The largest absolute Gasteiger partial charge is 0.385 e. The van der Waals surface area contributed by atoms with Crippen molar-refractivity contribution in [3.05, 3.63) is 0 Å². The molecule has 3 nitrogen and oxygen atoms in total. The highest BCUT2D eigenvalue weighted by molar-refractivity contribution is 4.91. The van der Waals surface area contributed by atoms with E-state index in [0.29, 0.717) is 0 Å². The van der Waals surface area contributed by atoms with Crippen molar-refractivity contribution in [2.45, 2.75) is 31.7 Å². The molecule has 1 saturated heterocycles. The summed E-state index contributed by atoms with van der Waals surface area (Å²) in [5.41, 5.74) is 0. The van der Waals surface area contributed by atoms with Crippen LogP contribution in [0, 0.1) is 5.92 Å². The van der Waals surface area contributed by atoms with Gasteiger partial charge in [-0.1, -0.05) is 0 Å². The molecule has 2 bridgehead atoms. The summed E-state index contributed by atoms with van der Waals surface area (Å²) < 4.78 is 5.01. The van der Waals surface area contributed by atoms with E-state index in [9.17, 15) is 0 Å². The molecule has 2 atom stereocenters. The van der Waals surface area contributed by atoms with Crippen LogP contribution in [0.2, 0.25) is 0 Å². The van der Waals surface area contributed by atoms with Crippen LogP contribution in [0.4, 0.5) is 0 Å². The Hall–Kier alpha value is -0.120. The third-order valence-corrected chi connectivity index (χ3v) is 3.80. The monoisotopic (exact) mass is 212 g/mol. The third kappa shape index (κ3) is 3.16. The molecule has 88 valence electrons. The van der Waals surface area contributed by atoms with Crippen LogP contribution in [0.25, 0.3) is 0 Å². The van der Waals surface area contributed by atoms with Crippen LogP contribution < -0.4 is 5.32 Å². The van der Waals surface area contributed by atoms with Crippen molar-refractivity contribution in [2.75, 3.05) is 39.9 Å².